The Hall–Kier alpha value is -1.88. The zero-order valence-corrected chi connectivity index (χ0v) is 12.8. The number of nitrogens with one attached hydrogen (secondary N) is 2. The lowest BCUT2D eigenvalue weighted by Gasteiger charge is -2.20. The van der Waals surface area contributed by atoms with E-state index < -0.39 is 0 Å². The molecule has 2 amide bonds. The van der Waals surface area contributed by atoms with E-state index in [-0.39, 0.29) is 23.8 Å². The summed E-state index contributed by atoms with van der Waals surface area (Å²) >= 11 is 0. The molecule has 1 aliphatic rings. The van der Waals surface area contributed by atoms with Crippen LogP contribution in [-0.2, 0) is 4.79 Å². The lowest BCUT2D eigenvalue weighted by molar-refractivity contribution is -0.121. The highest BCUT2D eigenvalue weighted by Crippen LogP contribution is 2.17. The number of carbonyl (C=O) groups excluding carboxylic acids is 2. The normalized spacial score (nSPS) is 17.8. The third kappa shape index (κ3) is 3.82. The number of benzene rings is 1. The maximum atomic E-state index is 12.2. The van der Waals surface area contributed by atoms with Crippen LogP contribution in [0.25, 0.3) is 0 Å². The summed E-state index contributed by atoms with van der Waals surface area (Å²) in [4.78, 5) is 25.9. The Bertz CT molecular complexity index is 522. The van der Waals surface area contributed by atoms with E-state index in [1.165, 1.54) is 0 Å². The van der Waals surface area contributed by atoms with Gasteiger partial charge in [0.25, 0.3) is 5.91 Å². The monoisotopic (exact) mass is 289 g/mol. The fourth-order valence-electron chi connectivity index (χ4n) is 2.42. The van der Waals surface area contributed by atoms with Crippen LogP contribution < -0.4 is 15.5 Å². The molecule has 1 heterocycles. The minimum Gasteiger partial charge on any atom is -0.348 e. The van der Waals surface area contributed by atoms with Crippen molar-refractivity contribution in [3.05, 3.63) is 29.8 Å². The summed E-state index contributed by atoms with van der Waals surface area (Å²) in [5.74, 6) is -0.124. The second-order valence-corrected chi connectivity index (χ2v) is 5.77. The Labute approximate surface area is 125 Å². The van der Waals surface area contributed by atoms with Gasteiger partial charge in [0, 0.05) is 36.8 Å². The second-order valence-electron chi connectivity index (χ2n) is 5.77. The van der Waals surface area contributed by atoms with Crippen LogP contribution in [0.3, 0.4) is 0 Å². The summed E-state index contributed by atoms with van der Waals surface area (Å²) in [5, 5.41) is 6.23. The van der Waals surface area contributed by atoms with Crippen molar-refractivity contribution in [2.75, 3.05) is 25.0 Å². The molecule has 5 nitrogen and oxygen atoms in total. The van der Waals surface area contributed by atoms with Crippen molar-refractivity contribution in [2.24, 2.45) is 5.92 Å². The standard InChI is InChI=1S/C16H23N3O2/c1-11(2)16(21)19(3)14-6-4-5-12(9-14)15(20)18-13-7-8-17-10-13/h4-6,9,11,13,17H,7-8,10H2,1-3H3,(H,18,20)/t13-/m1/s1. The average molecular weight is 289 g/mol. The fraction of sp³-hybridized carbons (Fsp3) is 0.500. The highest BCUT2D eigenvalue weighted by molar-refractivity contribution is 5.98. The van der Waals surface area contributed by atoms with Crippen molar-refractivity contribution in [3.8, 4) is 0 Å². The van der Waals surface area contributed by atoms with Crippen LogP contribution in [-0.4, -0.2) is 38.0 Å². The molecule has 1 fully saturated rings. The number of amides is 2. The Balaban J connectivity index is 2.09. The van der Waals surface area contributed by atoms with Gasteiger partial charge < -0.3 is 15.5 Å². The molecule has 0 unspecified atom stereocenters. The molecular weight excluding hydrogens is 266 g/mol. The minimum atomic E-state index is -0.0871. The SMILES string of the molecule is CC(C)C(=O)N(C)c1cccc(C(=O)N[C@@H]2CCNC2)c1. The van der Waals surface area contributed by atoms with Crippen molar-refractivity contribution in [1.82, 2.24) is 10.6 Å². The first-order valence-corrected chi connectivity index (χ1v) is 7.38. The number of carbonyl (C=O) groups is 2. The Kier molecular flexibility index (Phi) is 4.96. The highest BCUT2D eigenvalue weighted by Gasteiger charge is 2.19. The van der Waals surface area contributed by atoms with E-state index in [9.17, 15) is 9.59 Å². The highest BCUT2D eigenvalue weighted by atomic mass is 16.2. The van der Waals surface area contributed by atoms with Gasteiger partial charge in [0.15, 0.2) is 0 Å². The van der Waals surface area contributed by atoms with E-state index in [4.69, 9.17) is 0 Å². The van der Waals surface area contributed by atoms with Crippen LogP contribution in [0, 0.1) is 5.92 Å². The van der Waals surface area contributed by atoms with Crippen molar-refractivity contribution in [2.45, 2.75) is 26.3 Å². The number of nitrogens with zero attached hydrogens (tertiary/aromatic N) is 1. The van der Waals surface area contributed by atoms with E-state index in [0.29, 0.717) is 5.56 Å². The molecule has 1 saturated heterocycles. The minimum absolute atomic E-state index is 0.0348. The molecule has 2 N–H and O–H groups in total. The van der Waals surface area contributed by atoms with Crippen LogP contribution in [0.2, 0.25) is 0 Å². The summed E-state index contributed by atoms with van der Waals surface area (Å²) in [6.07, 6.45) is 0.956. The molecule has 0 bridgehead atoms. The number of hydrogen-bond donors (Lipinski definition) is 2. The molecule has 0 aliphatic carbocycles. The van der Waals surface area contributed by atoms with E-state index in [0.717, 1.165) is 25.2 Å². The van der Waals surface area contributed by atoms with E-state index >= 15 is 0 Å². The van der Waals surface area contributed by atoms with Crippen molar-refractivity contribution in [3.63, 3.8) is 0 Å². The van der Waals surface area contributed by atoms with Gasteiger partial charge >= 0.3 is 0 Å². The molecule has 1 atom stereocenters. The zero-order valence-electron chi connectivity index (χ0n) is 12.8. The van der Waals surface area contributed by atoms with Crippen molar-refractivity contribution >= 4 is 17.5 Å². The van der Waals surface area contributed by atoms with Crippen LogP contribution in [0.1, 0.15) is 30.6 Å². The molecule has 5 heteroatoms. The zero-order chi connectivity index (χ0) is 15.4. The van der Waals surface area contributed by atoms with Crippen LogP contribution in [0.15, 0.2) is 24.3 Å². The molecule has 0 radical (unpaired) electrons. The van der Waals surface area contributed by atoms with Crippen LogP contribution in [0.5, 0.6) is 0 Å². The van der Waals surface area contributed by atoms with E-state index in [2.05, 4.69) is 10.6 Å². The molecule has 114 valence electrons. The number of anilines is 1. The molecule has 0 saturated carbocycles. The van der Waals surface area contributed by atoms with Gasteiger partial charge in [-0.25, -0.2) is 0 Å². The Morgan fingerprint density at radius 3 is 2.76 bits per heavy atom. The van der Waals surface area contributed by atoms with Crippen molar-refractivity contribution < 1.29 is 9.59 Å². The third-order valence-electron chi connectivity index (χ3n) is 3.72. The summed E-state index contributed by atoms with van der Waals surface area (Å²) in [6.45, 7) is 5.48. The summed E-state index contributed by atoms with van der Waals surface area (Å²) in [6, 6.07) is 7.37. The molecule has 1 aromatic carbocycles. The van der Waals surface area contributed by atoms with Gasteiger partial charge in [-0.3, -0.25) is 9.59 Å². The fourth-order valence-corrected chi connectivity index (χ4v) is 2.42. The third-order valence-corrected chi connectivity index (χ3v) is 3.72. The maximum absolute atomic E-state index is 12.2. The van der Waals surface area contributed by atoms with Gasteiger partial charge in [0.2, 0.25) is 5.91 Å². The smallest absolute Gasteiger partial charge is 0.251 e. The van der Waals surface area contributed by atoms with Gasteiger partial charge in [0.1, 0.15) is 0 Å². The molecule has 21 heavy (non-hydrogen) atoms. The molecular formula is C16H23N3O2. The Morgan fingerprint density at radius 1 is 1.38 bits per heavy atom. The average Bonchev–Trinajstić information content (AvgIpc) is 2.98. The summed E-state index contributed by atoms with van der Waals surface area (Å²) < 4.78 is 0. The first kappa shape index (κ1) is 15.5. The maximum Gasteiger partial charge on any atom is 0.251 e. The summed E-state index contributed by atoms with van der Waals surface area (Å²) in [7, 11) is 1.74. The van der Waals surface area contributed by atoms with Crippen molar-refractivity contribution in [1.29, 1.82) is 0 Å². The van der Waals surface area contributed by atoms with Gasteiger partial charge in [-0.15, -0.1) is 0 Å². The van der Waals surface area contributed by atoms with Gasteiger partial charge in [0.05, 0.1) is 0 Å². The lowest BCUT2D eigenvalue weighted by atomic mass is 10.1. The second kappa shape index (κ2) is 6.72. The van der Waals surface area contributed by atoms with Crippen LogP contribution >= 0.6 is 0 Å². The predicted molar refractivity (Wildman–Crippen MR) is 83.4 cm³/mol. The predicted octanol–water partition coefficient (Wildman–Crippen LogP) is 1.40. The quantitative estimate of drug-likeness (QED) is 0.880. The van der Waals surface area contributed by atoms with E-state index in [1.54, 1.807) is 30.1 Å². The number of hydrogen-bond acceptors (Lipinski definition) is 3. The topological polar surface area (TPSA) is 61.4 Å². The van der Waals surface area contributed by atoms with Crippen LogP contribution in [0.4, 0.5) is 5.69 Å². The summed E-state index contributed by atoms with van der Waals surface area (Å²) in [5.41, 5.74) is 1.33. The first-order chi connectivity index (χ1) is 9.99. The van der Waals surface area contributed by atoms with Gasteiger partial charge in [-0.2, -0.15) is 0 Å². The molecule has 0 aromatic heterocycles. The largest absolute Gasteiger partial charge is 0.348 e. The van der Waals surface area contributed by atoms with E-state index in [1.807, 2.05) is 19.9 Å². The Morgan fingerprint density at radius 2 is 2.14 bits per heavy atom. The number of rotatable bonds is 4. The van der Waals surface area contributed by atoms with Gasteiger partial charge in [-0.1, -0.05) is 19.9 Å². The molecule has 2 rings (SSSR count). The first-order valence-electron chi connectivity index (χ1n) is 7.38. The molecule has 0 spiro atoms. The lowest BCUT2D eigenvalue weighted by Crippen LogP contribution is -2.36. The molecule has 1 aromatic rings. The van der Waals surface area contributed by atoms with Gasteiger partial charge in [-0.05, 0) is 31.2 Å². The molecule has 1 aliphatic heterocycles.